The van der Waals surface area contributed by atoms with E-state index in [2.05, 4.69) is 34.5 Å². The van der Waals surface area contributed by atoms with Gasteiger partial charge >= 0.3 is 0 Å². The number of carbonyl (C=O) groups excluding carboxylic acids is 1. The molecule has 3 aromatic carbocycles. The van der Waals surface area contributed by atoms with Crippen molar-refractivity contribution in [1.82, 2.24) is 10.2 Å². The number of halogens is 2. The minimum Gasteiger partial charge on any atom is -0.352 e. The van der Waals surface area contributed by atoms with E-state index in [0.29, 0.717) is 17.5 Å². The number of carbonyl (C=O) groups is 1. The lowest BCUT2D eigenvalue weighted by Crippen LogP contribution is -2.35. The van der Waals surface area contributed by atoms with Crippen LogP contribution in [-0.2, 0) is 6.54 Å². The maximum Gasteiger partial charge on any atom is 0.254 e. The Labute approximate surface area is 194 Å². The fraction of sp³-hybridized carbons (Fsp3) is 0.296. The van der Waals surface area contributed by atoms with Crippen molar-refractivity contribution in [3.8, 4) is 11.1 Å². The van der Waals surface area contributed by atoms with Crippen LogP contribution in [0.25, 0.3) is 11.1 Å². The van der Waals surface area contributed by atoms with E-state index in [4.69, 9.17) is 11.6 Å². The second-order valence-corrected chi connectivity index (χ2v) is 8.89. The van der Waals surface area contributed by atoms with Crippen LogP contribution >= 0.6 is 11.6 Å². The van der Waals surface area contributed by atoms with Crippen LogP contribution in [-0.4, -0.2) is 30.4 Å². The molecule has 1 saturated heterocycles. The quantitative estimate of drug-likeness (QED) is 0.466. The average Bonchev–Trinajstić information content (AvgIpc) is 2.81. The Hall–Kier alpha value is -2.69. The van der Waals surface area contributed by atoms with Crippen molar-refractivity contribution in [2.75, 3.05) is 19.6 Å². The van der Waals surface area contributed by atoms with Gasteiger partial charge in [0.05, 0.1) is 5.56 Å². The monoisotopic (exact) mass is 450 g/mol. The average molecular weight is 451 g/mol. The molecule has 0 unspecified atom stereocenters. The molecule has 1 N–H and O–H groups in total. The highest BCUT2D eigenvalue weighted by Gasteiger charge is 2.20. The topological polar surface area (TPSA) is 32.3 Å². The molecule has 0 aromatic heterocycles. The Morgan fingerprint density at radius 1 is 0.969 bits per heavy atom. The lowest BCUT2D eigenvalue weighted by molar-refractivity contribution is 0.0943. The van der Waals surface area contributed by atoms with Gasteiger partial charge in [-0.1, -0.05) is 60.1 Å². The van der Waals surface area contributed by atoms with Crippen LogP contribution in [0.2, 0.25) is 5.02 Å². The van der Waals surface area contributed by atoms with Gasteiger partial charge in [0.2, 0.25) is 0 Å². The van der Waals surface area contributed by atoms with Gasteiger partial charge in [-0.3, -0.25) is 9.69 Å². The largest absolute Gasteiger partial charge is 0.352 e. The van der Waals surface area contributed by atoms with E-state index in [0.717, 1.165) is 50.0 Å². The van der Waals surface area contributed by atoms with Gasteiger partial charge in [-0.2, -0.15) is 0 Å². The number of benzene rings is 3. The van der Waals surface area contributed by atoms with Gasteiger partial charge in [-0.05, 0) is 79.2 Å². The molecule has 0 saturated carbocycles. The summed E-state index contributed by atoms with van der Waals surface area (Å²) in [4.78, 5) is 15.0. The molecule has 5 heteroatoms. The van der Waals surface area contributed by atoms with Crippen LogP contribution in [0.5, 0.6) is 0 Å². The molecule has 1 aliphatic heterocycles. The normalized spacial score (nSPS) is 14.9. The molecule has 1 fully saturated rings. The first-order chi connectivity index (χ1) is 15.6. The Kier molecular flexibility index (Phi) is 7.56. The van der Waals surface area contributed by atoms with Crippen molar-refractivity contribution >= 4 is 17.5 Å². The summed E-state index contributed by atoms with van der Waals surface area (Å²) in [6.45, 7) is 3.72. The summed E-state index contributed by atoms with van der Waals surface area (Å²) >= 11 is 5.91. The van der Waals surface area contributed by atoms with E-state index in [-0.39, 0.29) is 11.5 Å². The molecule has 1 heterocycles. The van der Waals surface area contributed by atoms with E-state index in [1.807, 2.05) is 18.2 Å². The number of rotatable bonds is 7. The van der Waals surface area contributed by atoms with Crippen LogP contribution in [0.15, 0.2) is 72.8 Å². The third kappa shape index (κ3) is 5.96. The van der Waals surface area contributed by atoms with Crippen LogP contribution in [0.1, 0.15) is 35.2 Å². The zero-order valence-electron chi connectivity index (χ0n) is 18.1. The van der Waals surface area contributed by atoms with E-state index < -0.39 is 5.82 Å². The van der Waals surface area contributed by atoms with Crippen molar-refractivity contribution in [3.05, 3.63) is 94.8 Å². The fourth-order valence-corrected chi connectivity index (χ4v) is 4.41. The number of hydrogen-bond donors (Lipinski definition) is 1. The van der Waals surface area contributed by atoms with Gasteiger partial charge < -0.3 is 5.32 Å². The molecular formula is C27H28ClFN2O. The van der Waals surface area contributed by atoms with Crippen LogP contribution in [0.4, 0.5) is 4.39 Å². The van der Waals surface area contributed by atoms with Crippen molar-refractivity contribution in [1.29, 1.82) is 0 Å². The van der Waals surface area contributed by atoms with Gasteiger partial charge in [0.1, 0.15) is 5.82 Å². The standard InChI is InChI=1S/C27H28ClFN2O/c28-24-9-6-22(7-10-24)23-8-11-25(26(29)18-23)27(32)30-15-12-20-13-16-31(17-14-20)19-21-4-2-1-3-5-21/h1-11,18,20H,12-17,19H2,(H,30,32). The van der Waals surface area contributed by atoms with Crippen molar-refractivity contribution in [3.63, 3.8) is 0 Å². The number of amides is 1. The zero-order valence-corrected chi connectivity index (χ0v) is 18.8. The van der Waals surface area contributed by atoms with Crippen LogP contribution in [0.3, 0.4) is 0 Å². The molecule has 4 rings (SSSR count). The number of nitrogens with zero attached hydrogens (tertiary/aromatic N) is 1. The molecule has 1 amide bonds. The van der Waals surface area contributed by atoms with Gasteiger partial charge in [0.15, 0.2) is 0 Å². The summed E-state index contributed by atoms with van der Waals surface area (Å²) in [5.74, 6) is -0.268. The third-order valence-electron chi connectivity index (χ3n) is 6.19. The van der Waals surface area contributed by atoms with Gasteiger partial charge in [0, 0.05) is 18.1 Å². The Morgan fingerprint density at radius 3 is 2.34 bits per heavy atom. The second-order valence-electron chi connectivity index (χ2n) is 8.45. The predicted molar refractivity (Wildman–Crippen MR) is 128 cm³/mol. The molecule has 0 spiro atoms. The SMILES string of the molecule is O=C(NCCC1CCN(Cc2ccccc2)CC1)c1ccc(-c2ccc(Cl)cc2)cc1F. The summed E-state index contributed by atoms with van der Waals surface area (Å²) in [6.07, 6.45) is 3.19. The summed E-state index contributed by atoms with van der Waals surface area (Å²) in [5.41, 5.74) is 3.01. The molecular weight excluding hydrogens is 423 g/mol. The summed E-state index contributed by atoms with van der Waals surface area (Å²) in [7, 11) is 0. The zero-order chi connectivity index (χ0) is 22.3. The van der Waals surface area contributed by atoms with Crippen LogP contribution in [0, 0.1) is 11.7 Å². The minimum absolute atomic E-state index is 0.0837. The predicted octanol–water partition coefficient (Wildman–Crippen LogP) is 6.18. The van der Waals surface area contributed by atoms with Gasteiger partial charge in [-0.15, -0.1) is 0 Å². The minimum atomic E-state index is -0.510. The molecule has 0 bridgehead atoms. The molecule has 3 aromatic rings. The fourth-order valence-electron chi connectivity index (χ4n) is 4.28. The van der Waals surface area contributed by atoms with Crippen molar-refractivity contribution < 1.29 is 9.18 Å². The molecule has 1 aliphatic rings. The number of nitrogens with one attached hydrogen (secondary N) is 1. The summed E-state index contributed by atoms with van der Waals surface area (Å²) < 4.78 is 14.6. The summed E-state index contributed by atoms with van der Waals surface area (Å²) in [6, 6.07) is 22.5. The molecule has 32 heavy (non-hydrogen) atoms. The highest BCUT2D eigenvalue weighted by molar-refractivity contribution is 6.30. The third-order valence-corrected chi connectivity index (χ3v) is 6.44. The van der Waals surface area contributed by atoms with E-state index >= 15 is 0 Å². The first-order valence-electron chi connectivity index (χ1n) is 11.2. The Bertz CT molecular complexity index is 1030. The van der Waals surface area contributed by atoms with Gasteiger partial charge in [-0.25, -0.2) is 4.39 Å². The molecule has 0 radical (unpaired) electrons. The number of hydrogen-bond acceptors (Lipinski definition) is 2. The van der Waals surface area contributed by atoms with Crippen LogP contribution < -0.4 is 5.32 Å². The van der Waals surface area contributed by atoms with E-state index in [9.17, 15) is 9.18 Å². The van der Waals surface area contributed by atoms with E-state index in [1.54, 1.807) is 24.3 Å². The maximum atomic E-state index is 14.6. The molecule has 3 nitrogen and oxygen atoms in total. The maximum absolute atomic E-state index is 14.6. The first-order valence-corrected chi connectivity index (χ1v) is 11.6. The number of likely N-dealkylation sites (tertiary alicyclic amines) is 1. The Morgan fingerprint density at radius 2 is 1.66 bits per heavy atom. The Balaban J connectivity index is 1.22. The highest BCUT2D eigenvalue weighted by atomic mass is 35.5. The van der Waals surface area contributed by atoms with Crippen molar-refractivity contribution in [2.24, 2.45) is 5.92 Å². The smallest absolute Gasteiger partial charge is 0.254 e. The molecule has 166 valence electrons. The van der Waals surface area contributed by atoms with Crippen molar-refractivity contribution in [2.45, 2.75) is 25.8 Å². The van der Waals surface area contributed by atoms with E-state index in [1.165, 1.54) is 11.6 Å². The summed E-state index contributed by atoms with van der Waals surface area (Å²) in [5, 5.41) is 3.53. The number of piperidine rings is 1. The lowest BCUT2D eigenvalue weighted by Gasteiger charge is -2.32. The molecule has 0 aliphatic carbocycles. The first kappa shape index (κ1) is 22.5. The lowest BCUT2D eigenvalue weighted by atomic mass is 9.93. The van der Waals surface area contributed by atoms with Gasteiger partial charge in [0.25, 0.3) is 5.91 Å². The molecule has 0 atom stereocenters. The highest BCUT2D eigenvalue weighted by Crippen LogP contribution is 2.24. The second kappa shape index (κ2) is 10.8.